The molecule has 2 fully saturated rings. The van der Waals surface area contributed by atoms with Crippen molar-refractivity contribution in [2.24, 2.45) is 5.92 Å². The Balaban J connectivity index is 1.41. The lowest BCUT2D eigenvalue weighted by atomic mass is 9.93. The van der Waals surface area contributed by atoms with Gasteiger partial charge in [-0.05, 0) is 37.3 Å². The number of nitrogens with zero attached hydrogens (tertiary/aromatic N) is 4. The summed E-state index contributed by atoms with van der Waals surface area (Å²) in [6.45, 7) is 4.05. The molecule has 142 valence electrons. The first-order chi connectivity index (χ1) is 12.7. The number of rotatable bonds is 5. The molecule has 26 heavy (non-hydrogen) atoms. The Hall–Kier alpha value is -2.15. The first kappa shape index (κ1) is 18.6. The van der Waals surface area contributed by atoms with Crippen molar-refractivity contribution in [1.29, 1.82) is 0 Å². The van der Waals surface area contributed by atoms with E-state index in [0.29, 0.717) is 18.9 Å². The van der Waals surface area contributed by atoms with Crippen molar-refractivity contribution in [1.82, 2.24) is 14.8 Å². The largest absolute Gasteiger partial charge is 0.387 e. The van der Waals surface area contributed by atoms with Crippen LogP contribution < -0.4 is 4.90 Å². The maximum atomic E-state index is 12.5. The van der Waals surface area contributed by atoms with Gasteiger partial charge in [0, 0.05) is 51.9 Å². The maximum absolute atomic E-state index is 12.5. The monoisotopic (exact) mass is 360 g/mol. The zero-order chi connectivity index (χ0) is 18.4. The molecular weight excluding hydrogens is 332 g/mol. The minimum atomic E-state index is -0.424. The lowest BCUT2D eigenvalue weighted by Crippen LogP contribution is -2.49. The van der Waals surface area contributed by atoms with Gasteiger partial charge in [0.2, 0.25) is 11.8 Å². The summed E-state index contributed by atoms with van der Waals surface area (Å²) in [6.07, 6.45) is 5.15. The molecule has 2 saturated heterocycles. The minimum Gasteiger partial charge on any atom is -0.387 e. The SMILES string of the molecule is O=C(CC[C@H]1CCCN(C(=O)CO)C1)N1CCN(c2ccccn2)CC1. The van der Waals surface area contributed by atoms with E-state index in [1.54, 1.807) is 11.1 Å². The van der Waals surface area contributed by atoms with Crippen LogP contribution >= 0.6 is 0 Å². The number of hydrogen-bond acceptors (Lipinski definition) is 5. The highest BCUT2D eigenvalue weighted by atomic mass is 16.3. The number of pyridine rings is 1. The van der Waals surface area contributed by atoms with Crippen LogP contribution in [0.1, 0.15) is 25.7 Å². The third kappa shape index (κ3) is 4.72. The second-order valence-electron chi connectivity index (χ2n) is 7.10. The first-order valence-corrected chi connectivity index (χ1v) is 9.49. The second kappa shape index (κ2) is 8.98. The summed E-state index contributed by atoms with van der Waals surface area (Å²) in [6, 6.07) is 5.89. The molecular formula is C19H28N4O3. The van der Waals surface area contributed by atoms with Gasteiger partial charge in [-0.15, -0.1) is 0 Å². The van der Waals surface area contributed by atoms with Crippen molar-refractivity contribution < 1.29 is 14.7 Å². The third-order valence-corrected chi connectivity index (χ3v) is 5.38. The lowest BCUT2D eigenvalue weighted by Gasteiger charge is -2.36. The van der Waals surface area contributed by atoms with Crippen LogP contribution in [0.4, 0.5) is 5.82 Å². The van der Waals surface area contributed by atoms with Gasteiger partial charge in [0.1, 0.15) is 12.4 Å². The van der Waals surface area contributed by atoms with E-state index >= 15 is 0 Å². The van der Waals surface area contributed by atoms with Crippen LogP contribution in [0.5, 0.6) is 0 Å². The van der Waals surface area contributed by atoms with Gasteiger partial charge in [-0.3, -0.25) is 9.59 Å². The van der Waals surface area contributed by atoms with Crippen molar-refractivity contribution in [3.63, 3.8) is 0 Å². The number of aromatic nitrogens is 1. The fourth-order valence-corrected chi connectivity index (χ4v) is 3.84. The van der Waals surface area contributed by atoms with Crippen LogP contribution in [-0.4, -0.2) is 77.6 Å². The number of amides is 2. The lowest BCUT2D eigenvalue weighted by molar-refractivity contribution is -0.136. The van der Waals surface area contributed by atoms with Crippen LogP contribution in [0, 0.1) is 5.92 Å². The number of aliphatic hydroxyl groups is 1. The van der Waals surface area contributed by atoms with E-state index in [0.717, 1.165) is 57.8 Å². The van der Waals surface area contributed by atoms with Crippen molar-refractivity contribution in [3.8, 4) is 0 Å². The van der Waals surface area contributed by atoms with Crippen molar-refractivity contribution >= 4 is 17.6 Å². The molecule has 3 heterocycles. The summed E-state index contributed by atoms with van der Waals surface area (Å²) in [4.78, 5) is 34.4. The predicted molar refractivity (Wildman–Crippen MR) is 98.7 cm³/mol. The molecule has 1 aromatic heterocycles. The highest BCUT2D eigenvalue weighted by Gasteiger charge is 2.26. The van der Waals surface area contributed by atoms with E-state index in [1.165, 1.54) is 0 Å². The fraction of sp³-hybridized carbons (Fsp3) is 0.632. The molecule has 7 nitrogen and oxygen atoms in total. The molecule has 0 saturated carbocycles. The smallest absolute Gasteiger partial charge is 0.248 e. The Morgan fingerprint density at radius 2 is 1.88 bits per heavy atom. The molecule has 1 aromatic rings. The van der Waals surface area contributed by atoms with Gasteiger partial charge in [0.15, 0.2) is 0 Å². The number of piperazine rings is 1. The Labute approximate surface area is 154 Å². The number of carbonyl (C=O) groups excluding carboxylic acids is 2. The molecule has 2 amide bonds. The van der Waals surface area contributed by atoms with Gasteiger partial charge in [-0.2, -0.15) is 0 Å². The quantitative estimate of drug-likeness (QED) is 0.838. The van der Waals surface area contributed by atoms with Crippen LogP contribution in [0.15, 0.2) is 24.4 Å². The predicted octanol–water partition coefficient (Wildman–Crippen LogP) is 0.741. The van der Waals surface area contributed by atoms with Crippen LogP contribution in [0.3, 0.4) is 0 Å². The minimum absolute atomic E-state index is 0.202. The van der Waals surface area contributed by atoms with E-state index in [1.807, 2.05) is 23.1 Å². The van der Waals surface area contributed by atoms with Gasteiger partial charge in [-0.25, -0.2) is 4.98 Å². The number of carbonyl (C=O) groups is 2. The molecule has 2 aliphatic heterocycles. The first-order valence-electron chi connectivity index (χ1n) is 9.49. The molecule has 0 spiro atoms. The van der Waals surface area contributed by atoms with Crippen molar-refractivity contribution in [2.75, 3.05) is 50.8 Å². The average molecular weight is 360 g/mol. The van der Waals surface area contributed by atoms with Gasteiger partial charge in [0.05, 0.1) is 0 Å². The molecule has 0 unspecified atom stereocenters. The van der Waals surface area contributed by atoms with E-state index in [-0.39, 0.29) is 11.8 Å². The standard InChI is InChI=1S/C19H28N4O3/c24-15-19(26)23-9-3-4-16(14-23)6-7-18(25)22-12-10-21(11-13-22)17-5-1-2-8-20-17/h1-2,5,8,16,24H,3-4,6-7,9-15H2/t16-/m1/s1. The molecule has 2 aliphatic rings. The molecule has 0 aliphatic carbocycles. The average Bonchev–Trinajstić information content (AvgIpc) is 2.72. The van der Waals surface area contributed by atoms with E-state index in [2.05, 4.69) is 9.88 Å². The maximum Gasteiger partial charge on any atom is 0.248 e. The summed E-state index contributed by atoms with van der Waals surface area (Å²) < 4.78 is 0. The van der Waals surface area contributed by atoms with Crippen LogP contribution in [0.2, 0.25) is 0 Å². The van der Waals surface area contributed by atoms with Crippen molar-refractivity contribution in [2.45, 2.75) is 25.7 Å². The van der Waals surface area contributed by atoms with Gasteiger partial charge < -0.3 is 19.8 Å². The van der Waals surface area contributed by atoms with Crippen LogP contribution in [-0.2, 0) is 9.59 Å². The summed E-state index contributed by atoms with van der Waals surface area (Å²) in [7, 11) is 0. The zero-order valence-electron chi connectivity index (χ0n) is 15.2. The Bertz CT molecular complexity index is 602. The zero-order valence-corrected chi connectivity index (χ0v) is 15.2. The van der Waals surface area contributed by atoms with Gasteiger partial charge in [-0.1, -0.05) is 6.07 Å². The summed E-state index contributed by atoms with van der Waals surface area (Å²) in [5, 5.41) is 9.00. The highest BCUT2D eigenvalue weighted by Crippen LogP contribution is 2.22. The third-order valence-electron chi connectivity index (χ3n) is 5.38. The molecule has 0 bridgehead atoms. The summed E-state index contributed by atoms with van der Waals surface area (Å²) >= 11 is 0. The summed E-state index contributed by atoms with van der Waals surface area (Å²) in [5.41, 5.74) is 0. The number of anilines is 1. The number of aliphatic hydroxyl groups excluding tert-OH is 1. The highest BCUT2D eigenvalue weighted by molar-refractivity contribution is 5.77. The van der Waals surface area contributed by atoms with E-state index in [4.69, 9.17) is 5.11 Å². The number of piperidine rings is 1. The van der Waals surface area contributed by atoms with E-state index < -0.39 is 6.61 Å². The second-order valence-corrected chi connectivity index (χ2v) is 7.10. The molecule has 0 aromatic carbocycles. The molecule has 3 rings (SSSR count). The molecule has 7 heteroatoms. The Kier molecular flexibility index (Phi) is 6.44. The van der Waals surface area contributed by atoms with E-state index in [9.17, 15) is 9.59 Å². The number of likely N-dealkylation sites (tertiary alicyclic amines) is 1. The van der Waals surface area contributed by atoms with Crippen molar-refractivity contribution in [3.05, 3.63) is 24.4 Å². The normalized spacial score (nSPS) is 21.0. The van der Waals surface area contributed by atoms with Crippen LogP contribution in [0.25, 0.3) is 0 Å². The molecule has 0 radical (unpaired) electrons. The Morgan fingerprint density at radius 1 is 1.08 bits per heavy atom. The topological polar surface area (TPSA) is 77.0 Å². The Morgan fingerprint density at radius 3 is 2.58 bits per heavy atom. The fourth-order valence-electron chi connectivity index (χ4n) is 3.84. The van der Waals surface area contributed by atoms with Gasteiger partial charge >= 0.3 is 0 Å². The molecule has 1 atom stereocenters. The molecule has 1 N–H and O–H groups in total. The van der Waals surface area contributed by atoms with Gasteiger partial charge in [0.25, 0.3) is 0 Å². The number of hydrogen-bond donors (Lipinski definition) is 1. The summed E-state index contributed by atoms with van der Waals surface area (Å²) in [5.74, 6) is 1.33.